The minimum atomic E-state index is -4.24. The van der Waals surface area contributed by atoms with Gasteiger partial charge >= 0.3 is 0 Å². The highest BCUT2D eigenvalue weighted by Gasteiger charge is 2.30. The third-order valence-electron chi connectivity index (χ3n) is 6.19. The quantitative estimate of drug-likeness (QED) is 0.475. The Bertz CT molecular complexity index is 1370. The van der Waals surface area contributed by atoms with Gasteiger partial charge in [0.1, 0.15) is 30.1 Å². The normalized spacial score (nSPS) is 14.9. The third-order valence-corrected chi connectivity index (χ3v) is 7.70. The number of sulfonamides is 1. The lowest BCUT2D eigenvalue weighted by atomic mass is 10.1. The highest BCUT2D eigenvalue weighted by Crippen LogP contribution is 2.42. The first-order valence-electron chi connectivity index (χ1n) is 10.8. The average molecular weight is 495 g/mol. The number of rotatable bonds is 7. The van der Waals surface area contributed by atoms with Gasteiger partial charge in [-0.3, -0.25) is 4.98 Å². The van der Waals surface area contributed by atoms with Crippen LogP contribution in [-0.4, -0.2) is 37.4 Å². The summed E-state index contributed by atoms with van der Waals surface area (Å²) in [5, 5.41) is 10.0. The van der Waals surface area contributed by atoms with E-state index in [0.717, 1.165) is 37.9 Å². The van der Waals surface area contributed by atoms with Gasteiger partial charge in [0.2, 0.25) is 10.0 Å². The number of pyridine rings is 1. The highest BCUT2D eigenvalue weighted by molar-refractivity contribution is 7.89. The number of nitriles is 1. The van der Waals surface area contributed by atoms with Crippen molar-refractivity contribution in [1.82, 2.24) is 14.3 Å². The van der Waals surface area contributed by atoms with Gasteiger partial charge in [-0.1, -0.05) is 12.8 Å². The lowest BCUT2D eigenvalue weighted by molar-refractivity contribution is 0.334. The van der Waals surface area contributed by atoms with E-state index in [4.69, 9.17) is 0 Å². The van der Waals surface area contributed by atoms with E-state index in [1.807, 2.05) is 10.8 Å². The zero-order chi connectivity index (χ0) is 24.6. The number of aromatic nitrogens is 2. The van der Waals surface area contributed by atoms with Crippen molar-refractivity contribution in [2.75, 3.05) is 13.3 Å². The van der Waals surface area contributed by atoms with Gasteiger partial charge in [0.25, 0.3) is 0 Å². The maximum atomic E-state index is 15.3. The second kappa shape index (κ2) is 9.35. The predicted octanol–water partition coefficient (Wildman–Crippen LogP) is 4.86. The molecule has 3 aromatic rings. The molecule has 4 rings (SSSR count). The minimum absolute atomic E-state index is 0.0378. The maximum absolute atomic E-state index is 15.3. The van der Waals surface area contributed by atoms with Crippen molar-refractivity contribution in [3.05, 3.63) is 47.2 Å². The molecular weight excluding hydrogens is 472 g/mol. The molecule has 0 unspecified atom stereocenters. The standard InChI is InChI=1S/C23H22F4N4O2S/c1-13-19(26)8-17-18(11-28)22(31(23(17)21(13)27)15-4-2-3-5-15)20-7-6-16(12-29-20)34(32,33)30-14(9-24)10-25/h6-8,12,14-15,30H,2-5,9-10H2,1H3. The summed E-state index contributed by atoms with van der Waals surface area (Å²) in [7, 11) is -4.24. The summed E-state index contributed by atoms with van der Waals surface area (Å²) in [4.78, 5) is 3.87. The molecule has 180 valence electrons. The molecule has 1 fully saturated rings. The monoisotopic (exact) mass is 494 g/mol. The van der Waals surface area contributed by atoms with Crippen LogP contribution in [0, 0.1) is 29.9 Å². The van der Waals surface area contributed by atoms with E-state index in [-0.39, 0.29) is 44.4 Å². The van der Waals surface area contributed by atoms with Crippen molar-refractivity contribution in [3.63, 3.8) is 0 Å². The van der Waals surface area contributed by atoms with Gasteiger partial charge < -0.3 is 4.57 Å². The number of alkyl halides is 2. The van der Waals surface area contributed by atoms with Gasteiger partial charge in [-0.25, -0.2) is 30.7 Å². The lowest BCUT2D eigenvalue weighted by Crippen LogP contribution is -2.37. The number of fused-ring (bicyclic) bond motifs is 1. The van der Waals surface area contributed by atoms with Crippen LogP contribution in [-0.2, 0) is 10.0 Å². The molecule has 0 aliphatic heterocycles. The van der Waals surface area contributed by atoms with Gasteiger partial charge in [-0.15, -0.1) is 0 Å². The smallest absolute Gasteiger partial charge is 0.242 e. The van der Waals surface area contributed by atoms with Gasteiger partial charge in [0.15, 0.2) is 5.82 Å². The van der Waals surface area contributed by atoms with Crippen molar-refractivity contribution in [2.24, 2.45) is 0 Å². The van der Waals surface area contributed by atoms with Crippen LogP contribution in [0.3, 0.4) is 0 Å². The first kappa shape index (κ1) is 24.2. The second-order valence-electron chi connectivity index (χ2n) is 8.34. The lowest BCUT2D eigenvalue weighted by Gasteiger charge is -2.19. The molecule has 0 amide bonds. The fourth-order valence-electron chi connectivity index (χ4n) is 4.45. The van der Waals surface area contributed by atoms with Crippen molar-refractivity contribution >= 4 is 20.9 Å². The molecule has 0 bridgehead atoms. The van der Waals surface area contributed by atoms with Crippen LogP contribution in [0.2, 0.25) is 0 Å². The largest absolute Gasteiger partial charge is 0.333 e. The van der Waals surface area contributed by atoms with Gasteiger partial charge in [-0.05, 0) is 38.0 Å². The van der Waals surface area contributed by atoms with E-state index in [2.05, 4.69) is 4.98 Å². The number of benzene rings is 1. The van der Waals surface area contributed by atoms with Crippen molar-refractivity contribution < 1.29 is 26.0 Å². The molecule has 2 heterocycles. The summed E-state index contributed by atoms with van der Waals surface area (Å²) >= 11 is 0. The van der Waals surface area contributed by atoms with Gasteiger partial charge in [-0.2, -0.15) is 5.26 Å². The molecule has 0 saturated heterocycles. The van der Waals surface area contributed by atoms with Crippen LogP contribution in [0.5, 0.6) is 0 Å². The minimum Gasteiger partial charge on any atom is -0.333 e. The molecular formula is C23H22F4N4O2S. The Balaban J connectivity index is 1.90. The molecule has 1 aliphatic rings. The van der Waals surface area contributed by atoms with Crippen LogP contribution >= 0.6 is 0 Å². The average Bonchev–Trinajstić information content (AvgIpc) is 3.47. The van der Waals surface area contributed by atoms with Crippen molar-refractivity contribution in [1.29, 1.82) is 5.26 Å². The molecule has 2 aromatic heterocycles. The van der Waals surface area contributed by atoms with E-state index >= 15 is 4.39 Å². The van der Waals surface area contributed by atoms with Crippen LogP contribution in [0.1, 0.15) is 42.9 Å². The maximum Gasteiger partial charge on any atom is 0.242 e. The molecule has 0 spiro atoms. The molecule has 0 radical (unpaired) electrons. The highest BCUT2D eigenvalue weighted by atomic mass is 32.2. The molecule has 1 N–H and O–H groups in total. The summed E-state index contributed by atoms with van der Waals surface area (Å²) in [6.07, 6.45) is 4.30. The fraction of sp³-hybridized carbons (Fsp3) is 0.391. The van der Waals surface area contributed by atoms with Crippen molar-refractivity contribution in [3.8, 4) is 17.5 Å². The van der Waals surface area contributed by atoms with E-state index < -0.39 is 41.0 Å². The summed E-state index contributed by atoms with van der Waals surface area (Å²) in [6, 6.07) is 4.05. The molecule has 6 nitrogen and oxygen atoms in total. The van der Waals surface area contributed by atoms with E-state index in [0.29, 0.717) is 0 Å². The predicted molar refractivity (Wildman–Crippen MR) is 118 cm³/mol. The van der Waals surface area contributed by atoms with E-state index in [1.165, 1.54) is 19.1 Å². The Morgan fingerprint density at radius 1 is 1.24 bits per heavy atom. The van der Waals surface area contributed by atoms with Gasteiger partial charge in [0, 0.05) is 23.2 Å². The Kier molecular flexibility index (Phi) is 6.64. The molecule has 1 aliphatic carbocycles. The van der Waals surface area contributed by atoms with Crippen LogP contribution in [0.25, 0.3) is 22.3 Å². The van der Waals surface area contributed by atoms with Crippen LogP contribution in [0.4, 0.5) is 17.6 Å². The van der Waals surface area contributed by atoms with Gasteiger partial charge in [0.05, 0.1) is 28.5 Å². The molecule has 34 heavy (non-hydrogen) atoms. The summed E-state index contributed by atoms with van der Waals surface area (Å²) in [5.41, 5.74) is 0.470. The second-order valence-corrected chi connectivity index (χ2v) is 10.1. The number of halogens is 4. The Labute approximate surface area is 194 Å². The summed E-state index contributed by atoms with van der Waals surface area (Å²) < 4.78 is 83.7. The van der Waals surface area contributed by atoms with Crippen LogP contribution in [0.15, 0.2) is 29.3 Å². The Morgan fingerprint density at radius 2 is 1.91 bits per heavy atom. The fourth-order valence-corrected chi connectivity index (χ4v) is 5.59. The zero-order valence-electron chi connectivity index (χ0n) is 18.3. The van der Waals surface area contributed by atoms with Crippen molar-refractivity contribution in [2.45, 2.75) is 49.6 Å². The van der Waals surface area contributed by atoms with Crippen LogP contribution < -0.4 is 4.72 Å². The summed E-state index contributed by atoms with van der Waals surface area (Å²) in [5.74, 6) is -1.52. The molecule has 1 aromatic carbocycles. The number of hydrogen-bond donors (Lipinski definition) is 1. The Hall–Kier alpha value is -2.97. The SMILES string of the molecule is Cc1c(F)cc2c(C#N)c(-c3ccc(S(=O)(=O)NC(CF)CF)cn3)n(C3CCCC3)c2c1F. The molecule has 11 heteroatoms. The summed E-state index contributed by atoms with van der Waals surface area (Å²) in [6.45, 7) is -1.10. The molecule has 1 saturated carbocycles. The first-order valence-corrected chi connectivity index (χ1v) is 12.2. The molecule has 0 atom stereocenters. The van der Waals surface area contributed by atoms with E-state index in [9.17, 15) is 26.9 Å². The third kappa shape index (κ3) is 4.05. The van der Waals surface area contributed by atoms with E-state index in [1.54, 1.807) is 4.57 Å². The Morgan fingerprint density at radius 3 is 2.47 bits per heavy atom. The number of hydrogen-bond acceptors (Lipinski definition) is 4. The zero-order valence-corrected chi connectivity index (χ0v) is 19.1. The first-order chi connectivity index (χ1) is 16.2. The number of nitrogens with one attached hydrogen (secondary N) is 1. The number of nitrogens with zero attached hydrogens (tertiary/aromatic N) is 3. The topological polar surface area (TPSA) is 87.8 Å².